The Hall–Kier alpha value is -0.650. The molecule has 0 aliphatic carbocycles. The van der Waals surface area contributed by atoms with E-state index >= 15 is 0 Å². The molecule has 3 N–H and O–H groups in total. The molecule has 0 aromatic carbocycles. The maximum Gasteiger partial charge on any atom is 0.234 e. The highest BCUT2D eigenvalue weighted by atomic mass is 16.3. The Morgan fingerprint density at radius 3 is 2.50 bits per heavy atom. The van der Waals surface area contributed by atoms with Crippen molar-refractivity contribution in [2.45, 2.75) is 25.6 Å². The summed E-state index contributed by atoms with van der Waals surface area (Å²) in [6.45, 7) is 3.68. The molecular weight excluding hydrogens is 184 g/mol. The first-order chi connectivity index (χ1) is 6.63. The molecule has 1 aliphatic heterocycles. The van der Waals surface area contributed by atoms with Crippen molar-refractivity contribution >= 4 is 5.91 Å². The van der Waals surface area contributed by atoms with E-state index in [4.69, 9.17) is 0 Å². The van der Waals surface area contributed by atoms with Gasteiger partial charge in [0.2, 0.25) is 5.91 Å². The fourth-order valence-electron chi connectivity index (χ4n) is 1.50. The lowest BCUT2D eigenvalue weighted by Gasteiger charge is -2.13. The highest BCUT2D eigenvalue weighted by Gasteiger charge is 2.30. The predicted octanol–water partition coefficient (Wildman–Crippen LogP) is -1.45. The van der Waals surface area contributed by atoms with Crippen molar-refractivity contribution in [1.29, 1.82) is 0 Å². The van der Waals surface area contributed by atoms with Crippen molar-refractivity contribution in [2.75, 3.05) is 26.2 Å². The number of aliphatic hydroxyl groups is 2. The predicted molar refractivity (Wildman–Crippen MR) is 51.8 cm³/mol. The first kappa shape index (κ1) is 11.4. The molecule has 82 valence electrons. The molecule has 0 aromatic rings. The minimum atomic E-state index is -0.714. The zero-order valence-electron chi connectivity index (χ0n) is 8.44. The van der Waals surface area contributed by atoms with E-state index in [2.05, 4.69) is 5.32 Å². The number of amides is 1. The van der Waals surface area contributed by atoms with E-state index < -0.39 is 12.2 Å². The third-order valence-electron chi connectivity index (χ3n) is 2.27. The molecule has 1 amide bonds. The molecule has 0 spiro atoms. The van der Waals surface area contributed by atoms with E-state index in [1.807, 2.05) is 6.92 Å². The minimum Gasteiger partial charge on any atom is -0.389 e. The van der Waals surface area contributed by atoms with E-state index in [1.54, 1.807) is 4.90 Å². The third-order valence-corrected chi connectivity index (χ3v) is 2.27. The van der Waals surface area contributed by atoms with Crippen LogP contribution in [0.2, 0.25) is 0 Å². The zero-order valence-corrected chi connectivity index (χ0v) is 8.44. The van der Waals surface area contributed by atoms with Gasteiger partial charge in [0.1, 0.15) is 0 Å². The number of hydrogen-bond donors (Lipinski definition) is 3. The van der Waals surface area contributed by atoms with Gasteiger partial charge in [-0.3, -0.25) is 9.69 Å². The molecule has 0 unspecified atom stereocenters. The molecule has 1 heterocycles. The van der Waals surface area contributed by atoms with E-state index in [9.17, 15) is 15.0 Å². The van der Waals surface area contributed by atoms with Gasteiger partial charge in [0.05, 0.1) is 18.8 Å². The number of carbonyl (C=O) groups is 1. The fourth-order valence-corrected chi connectivity index (χ4v) is 1.50. The van der Waals surface area contributed by atoms with Crippen LogP contribution in [-0.2, 0) is 4.79 Å². The summed E-state index contributed by atoms with van der Waals surface area (Å²) in [6.07, 6.45) is -0.514. The molecule has 0 radical (unpaired) electrons. The van der Waals surface area contributed by atoms with Crippen molar-refractivity contribution in [1.82, 2.24) is 10.2 Å². The summed E-state index contributed by atoms with van der Waals surface area (Å²) in [6, 6.07) is 0. The van der Waals surface area contributed by atoms with Crippen molar-refractivity contribution in [2.24, 2.45) is 0 Å². The van der Waals surface area contributed by atoms with E-state index in [0.717, 1.165) is 6.42 Å². The molecule has 0 aromatic heterocycles. The summed E-state index contributed by atoms with van der Waals surface area (Å²) in [5, 5.41) is 21.2. The Balaban J connectivity index is 2.21. The van der Waals surface area contributed by atoms with Crippen LogP contribution in [0, 0.1) is 0 Å². The topological polar surface area (TPSA) is 72.8 Å². The van der Waals surface area contributed by atoms with Crippen LogP contribution < -0.4 is 5.32 Å². The molecule has 2 atom stereocenters. The Morgan fingerprint density at radius 1 is 1.43 bits per heavy atom. The zero-order chi connectivity index (χ0) is 10.6. The highest BCUT2D eigenvalue weighted by molar-refractivity contribution is 5.78. The van der Waals surface area contributed by atoms with E-state index in [-0.39, 0.29) is 12.5 Å². The molecular formula is C9H18N2O3. The largest absolute Gasteiger partial charge is 0.389 e. The monoisotopic (exact) mass is 202 g/mol. The van der Waals surface area contributed by atoms with Gasteiger partial charge in [-0.2, -0.15) is 0 Å². The second-order valence-electron chi connectivity index (χ2n) is 3.68. The fraction of sp³-hybridized carbons (Fsp3) is 0.889. The van der Waals surface area contributed by atoms with Gasteiger partial charge in [-0.1, -0.05) is 6.92 Å². The van der Waals surface area contributed by atoms with Crippen LogP contribution in [0.1, 0.15) is 13.3 Å². The van der Waals surface area contributed by atoms with Crippen molar-refractivity contribution < 1.29 is 15.0 Å². The Kier molecular flexibility index (Phi) is 4.31. The van der Waals surface area contributed by atoms with Gasteiger partial charge in [0.25, 0.3) is 0 Å². The number of aliphatic hydroxyl groups excluding tert-OH is 2. The Bertz CT molecular complexity index is 188. The van der Waals surface area contributed by atoms with Gasteiger partial charge >= 0.3 is 0 Å². The van der Waals surface area contributed by atoms with Crippen molar-refractivity contribution in [3.05, 3.63) is 0 Å². The van der Waals surface area contributed by atoms with Crippen LogP contribution >= 0.6 is 0 Å². The molecule has 0 bridgehead atoms. The molecule has 1 fully saturated rings. The van der Waals surface area contributed by atoms with Gasteiger partial charge in [0, 0.05) is 19.6 Å². The van der Waals surface area contributed by atoms with Gasteiger partial charge in [-0.05, 0) is 6.42 Å². The molecule has 5 nitrogen and oxygen atoms in total. The van der Waals surface area contributed by atoms with Crippen LogP contribution in [0.25, 0.3) is 0 Å². The number of β-amino-alcohol motifs (C(OH)–C–C–N with tert-alkyl or cyclic N) is 2. The molecule has 1 rings (SSSR count). The van der Waals surface area contributed by atoms with Crippen molar-refractivity contribution in [3.8, 4) is 0 Å². The first-order valence-electron chi connectivity index (χ1n) is 4.98. The molecule has 14 heavy (non-hydrogen) atoms. The van der Waals surface area contributed by atoms with Crippen LogP contribution in [0.4, 0.5) is 0 Å². The summed E-state index contributed by atoms with van der Waals surface area (Å²) in [4.78, 5) is 13.0. The summed E-state index contributed by atoms with van der Waals surface area (Å²) < 4.78 is 0. The minimum absolute atomic E-state index is 0.0480. The third kappa shape index (κ3) is 3.25. The lowest BCUT2D eigenvalue weighted by Crippen LogP contribution is -2.36. The SMILES string of the molecule is CCCNC(=O)CN1C[C@@H](O)[C@@H](O)C1. The first-order valence-corrected chi connectivity index (χ1v) is 4.98. The number of rotatable bonds is 4. The average Bonchev–Trinajstić information content (AvgIpc) is 2.42. The average molecular weight is 202 g/mol. The van der Waals surface area contributed by atoms with Gasteiger partial charge < -0.3 is 15.5 Å². The van der Waals surface area contributed by atoms with E-state index in [1.165, 1.54) is 0 Å². The number of nitrogens with one attached hydrogen (secondary N) is 1. The van der Waals surface area contributed by atoms with Crippen LogP contribution in [-0.4, -0.2) is 59.4 Å². The number of nitrogens with zero attached hydrogens (tertiary/aromatic N) is 1. The maximum absolute atomic E-state index is 11.3. The van der Waals surface area contributed by atoms with Crippen LogP contribution in [0.3, 0.4) is 0 Å². The molecule has 5 heteroatoms. The smallest absolute Gasteiger partial charge is 0.234 e. The second kappa shape index (κ2) is 5.29. The Morgan fingerprint density at radius 2 is 2.00 bits per heavy atom. The van der Waals surface area contributed by atoms with Crippen molar-refractivity contribution in [3.63, 3.8) is 0 Å². The summed E-state index contributed by atoms with van der Waals surface area (Å²) in [5.74, 6) is -0.0480. The van der Waals surface area contributed by atoms with Crippen LogP contribution in [0.15, 0.2) is 0 Å². The normalized spacial score (nSPS) is 27.9. The summed E-state index contributed by atoms with van der Waals surface area (Å²) in [7, 11) is 0. The maximum atomic E-state index is 11.3. The van der Waals surface area contributed by atoms with Gasteiger partial charge in [0.15, 0.2) is 0 Å². The lowest BCUT2D eigenvalue weighted by atomic mass is 10.3. The van der Waals surface area contributed by atoms with Crippen LogP contribution in [0.5, 0.6) is 0 Å². The number of carbonyl (C=O) groups excluding carboxylic acids is 1. The summed E-state index contributed by atoms with van der Waals surface area (Å²) in [5.41, 5.74) is 0. The highest BCUT2D eigenvalue weighted by Crippen LogP contribution is 2.08. The number of hydrogen-bond acceptors (Lipinski definition) is 4. The Labute approximate surface area is 83.7 Å². The molecule has 0 saturated carbocycles. The van der Waals surface area contributed by atoms with Gasteiger partial charge in [-0.25, -0.2) is 0 Å². The van der Waals surface area contributed by atoms with Gasteiger partial charge in [-0.15, -0.1) is 0 Å². The molecule has 1 aliphatic rings. The standard InChI is InChI=1S/C9H18N2O3/c1-2-3-10-9(14)6-11-4-7(12)8(13)5-11/h7-8,12-13H,2-6H2,1H3,(H,10,14)/t7-,8+. The second-order valence-corrected chi connectivity index (χ2v) is 3.68. The quantitative estimate of drug-likeness (QED) is 0.521. The lowest BCUT2D eigenvalue weighted by molar-refractivity contribution is -0.122. The molecule has 1 saturated heterocycles. The number of likely N-dealkylation sites (tertiary alicyclic amines) is 1. The summed E-state index contributed by atoms with van der Waals surface area (Å²) >= 11 is 0. The van der Waals surface area contributed by atoms with E-state index in [0.29, 0.717) is 19.6 Å².